The highest BCUT2D eigenvalue weighted by Crippen LogP contribution is 2.30. The molecule has 1 saturated carbocycles. The zero-order valence-corrected chi connectivity index (χ0v) is 10.2. The van der Waals surface area contributed by atoms with Crippen molar-refractivity contribution in [3.8, 4) is 6.07 Å². The van der Waals surface area contributed by atoms with Crippen LogP contribution in [-0.4, -0.2) is 15.6 Å². The average molecular weight is 240 g/mol. The predicted molar refractivity (Wildman–Crippen MR) is 69.9 cm³/mol. The second-order valence-corrected chi connectivity index (χ2v) is 5.05. The molecule has 1 fully saturated rings. The molecule has 0 aliphatic heterocycles. The molecule has 2 aromatic rings. The van der Waals surface area contributed by atoms with Gasteiger partial charge in [-0.25, -0.2) is 4.98 Å². The van der Waals surface area contributed by atoms with Crippen molar-refractivity contribution in [3.63, 3.8) is 0 Å². The standard InChI is InChI=1S/C14H16N4/c15-8-10-6-11-4-5-18(14(11)17-9-10)13-3-1-2-12(16)7-13/h4-6,9,12-13H,1-3,7,16H2/t12-,13+/m1/s1. The Balaban J connectivity index is 2.00. The van der Waals surface area contributed by atoms with E-state index < -0.39 is 0 Å². The second-order valence-electron chi connectivity index (χ2n) is 5.05. The quantitative estimate of drug-likeness (QED) is 0.832. The highest BCUT2D eigenvalue weighted by atomic mass is 15.1. The van der Waals surface area contributed by atoms with Gasteiger partial charge < -0.3 is 10.3 Å². The van der Waals surface area contributed by atoms with Gasteiger partial charge in [0.25, 0.3) is 0 Å². The van der Waals surface area contributed by atoms with Gasteiger partial charge in [0.05, 0.1) is 5.56 Å². The number of hydrogen-bond donors (Lipinski definition) is 1. The summed E-state index contributed by atoms with van der Waals surface area (Å²) in [5.74, 6) is 0. The SMILES string of the molecule is N#Cc1cnc2c(ccn2[C@H]2CCC[C@@H](N)C2)c1. The molecule has 2 N–H and O–H groups in total. The zero-order valence-electron chi connectivity index (χ0n) is 10.2. The zero-order chi connectivity index (χ0) is 12.5. The molecule has 1 aliphatic rings. The molecule has 92 valence electrons. The predicted octanol–water partition coefficient (Wildman–Crippen LogP) is 2.35. The van der Waals surface area contributed by atoms with Crippen molar-refractivity contribution in [2.24, 2.45) is 5.73 Å². The summed E-state index contributed by atoms with van der Waals surface area (Å²) in [7, 11) is 0. The van der Waals surface area contributed by atoms with Crippen molar-refractivity contribution in [2.45, 2.75) is 37.8 Å². The molecule has 0 saturated heterocycles. The maximum absolute atomic E-state index is 8.87. The van der Waals surface area contributed by atoms with Crippen molar-refractivity contribution < 1.29 is 0 Å². The molecular formula is C14H16N4. The molecule has 3 rings (SSSR count). The summed E-state index contributed by atoms with van der Waals surface area (Å²) >= 11 is 0. The van der Waals surface area contributed by atoms with Crippen molar-refractivity contribution >= 4 is 11.0 Å². The summed E-state index contributed by atoms with van der Waals surface area (Å²) in [6, 6.07) is 6.80. The third-order valence-electron chi connectivity index (χ3n) is 3.76. The van der Waals surface area contributed by atoms with E-state index in [1.165, 1.54) is 12.8 Å². The molecule has 2 aromatic heterocycles. The lowest BCUT2D eigenvalue weighted by atomic mass is 9.91. The Bertz CT molecular complexity index is 608. The topological polar surface area (TPSA) is 67.6 Å². The molecule has 0 spiro atoms. The molecule has 0 radical (unpaired) electrons. The van der Waals surface area contributed by atoms with E-state index in [2.05, 4.69) is 21.8 Å². The Labute approximate surface area is 106 Å². The summed E-state index contributed by atoms with van der Waals surface area (Å²) in [5, 5.41) is 9.91. The van der Waals surface area contributed by atoms with E-state index in [-0.39, 0.29) is 0 Å². The maximum atomic E-state index is 8.87. The van der Waals surface area contributed by atoms with Crippen LogP contribution in [0, 0.1) is 11.3 Å². The van der Waals surface area contributed by atoms with Crippen LogP contribution < -0.4 is 5.73 Å². The summed E-state index contributed by atoms with van der Waals surface area (Å²) in [5.41, 5.74) is 7.62. The number of pyridine rings is 1. The minimum Gasteiger partial charge on any atom is -0.329 e. The molecule has 1 aliphatic carbocycles. The molecule has 0 aromatic carbocycles. The Morgan fingerprint density at radius 2 is 2.33 bits per heavy atom. The summed E-state index contributed by atoms with van der Waals surface area (Å²) < 4.78 is 2.22. The number of aromatic nitrogens is 2. The summed E-state index contributed by atoms with van der Waals surface area (Å²) in [6.45, 7) is 0. The van der Waals surface area contributed by atoms with Gasteiger partial charge in [0.15, 0.2) is 0 Å². The Morgan fingerprint density at radius 1 is 1.44 bits per heavy atom. The lowest BCUT2D eigenvalue weighted by Crippen LogP contribution is -2.29. The third-order valence-corrected chi connectivity index (χ3v) is 3.76. The third kappa shape index (κ3) is 1.87. The molecule has 0 amide bonds. The van der Waals surface area contributed by atoms with Crippen molar-refractivity contribution in [1.82, 2.24) is 9.55 Å². The van der Waals surface area contributed by atoms with Crippen LogP contribution in [-0.2, 0) is 0 Å². The molecular weight excluding hydrogens is 224 g/mol. The van der Waals surface area contributed by atoms with E-state index in [0.29, 0.717) is 17.6 Å². The minimum atomic E-state index is 0.305. The first-order valence-electron chi connectivity index (χ1n) is 6.40. The van der Waals surface area contributed by atoms with Crippen LogP contribution in [0.4, 0.5) is 0 Å². The van der Waals surface area contributed by atoms with Crippen LogP contribution in [0.3, 0.4) is 0 Å². The van der Waals surface area contributed by atoms with E-state index in [4.69, 9.17) is 11.0 Å². The van der Waals surface area contributed by atoms with Crippen molar-refractivity contribution in [1.29, 1.82) is 5.26 Å². The monoisotopic (exact) mass is 240 g/mol. The molecule has 18 heavy (non-hydrogen) atoms. The van der Waals surface area contributed by atoms with Gasteiger partial charge in [0.1, 0.15) is 11.7 Å². The minimum absolute atomic E-state index is 0.305. The van der Waals surface area contributed by atoms with Crippen LogP contribution in [0.2, 0.25) is 0 Å². The van der Waals surface area contributed by atoms with Gasteiger partial charge >= 0.3 is 0 Å². The van der Waals surface area contributed by atoms with E-state index >= 15 is 0 Å². The van der Waals surface area contributed by atoms with Gasteiger partial charge in [0, 0.05) is 29.9 Å². The Kier molecular flexibility index (Phi) is 2.77. The van der Waals surface area contributed by atoms with Crippen LogP contribution in [0.15, 0.2) is 24.5 Å². The molecule has 0 unspecified atom stereocenters. The van der Waals surface area contributed by atoms with Gasteiger partial charge in [-0.05, 0) is 37.8 Å². The molecule has 2 heterocycles. The average Bonchev–Trinajstić information content (AvgIpc) is 2.81. The van der Waals surface area contributed by atoms with E-state index in [0.717, 1.165) is 23.9 Å². The highest BCUT2D eigenvalue weighted by Gasteiger charge is 2.21. The normalized spacial score (nSPS) is 24.0. The van der Waals surface area contributed by atoms with Gasteiger partial charge in [-0.15, -0.1) is 0 Å². The molecule has 0 bridgehead atoms. The maximum Gasteiger partial charge on any atom is 0.140 e. The largest absolute Gasteiger partial charge is 0.329 e. The van der Waals surface area contributed by atoms with E-state index in [9.17, 15) is 0 Å². The van der Waals surface area contributed by atoms with Crippen LogP contribution in [0.25, 0.3) is 11.0 Å². The number of nitriles is 1. The smallest absolute Gasteiger partial charge is 0.140 e. The van der Waals surface area contributed by atoms with Crippen LogP contribution in [0.5, 0.6) is 0 Å². The molecule has 2 atom stereocenters. The highest BCUT2D eigenvalue weighted by molar-refractivity contribution is 5.77. The summed E-state index contributed by atoms with van der Waals surface area (Å²) in [6.07, 6.45) is 8.21. The second kappa shape index (κ2) is 4.43. The van der Waals surface area contributed by atoms with Gasteiger partial charge in [-0.1, -0.05) is 0 Å². The number of nitrogens with zero attached hydrogens (tertiary/aromatic N) is 3. The van der Waals surface area contributed by atoms with Gasteiger partial charge in [-0.2, -0.15) is 5.26 Å². The number of hydrogen-bond acceptors (Lipinski definition) is 3. The number of nitrogens with two attached hydrogens (primary N) is 1. The lowest BCUT2D eigenvalue weighted by molar-refractivity contribution is 0.325. The van der Waals surface area contributed by atoms with Gasteiger partial charge in [0.2, 0.25) is 0 Å². The van der Waals surface area contributed by atoms with Crippen LogP contribution in [0.1, 0.15) is 37.3 Å². The number of fused-ring (bicyclic) bond motifs is 1. The van der Waals surface area contributed by atoms with Crippen molar-refractivity contribution in [2.75, 3.05) is 0 Å². The van der Waals surface area contributed by atoms with Crippen molar-refractivity contribution in [3.05, 3.63) is 30.1 Å². The fourth-order valence-electron chi connectivity index (χ4n) is 2.85. The number of rotatable bonds is 1. The van der Waals surface area contributed by atoms with Crippen LogP contribution >= 0.6 is 0 Å². The molecule has 4 nitrogen and oxygen atoms in total. The van der Waals surface area contributed by atoms with E-state index in [1.807, 2.05) is 12.1 Å². The van der Waals surface area contributed by atoms with Gasteiger partial charge in [-0.3, -0.25) is 0 Å². The van der Waals surface area contributed by atoms with E-state index in [1.54, 1.807) is 6.20 Å². The first kappa shape index (κ1) is 11.2. The lowest BCUT2D eigenvalue weighted by Gasteiger charge is -2.28. The molecule has 4 heteroatoms. The fourth-order valence-corrected chi connectivity index (χ4v) is 2.85. The first-order valence-corrected chi connectivity index (χ1v) is 6.40. The first-order chi connectivity index (χ1) is 8.78. The fraction of sp³-hybridized carbons (Fsp3) is 0.429. The Morgan fingerprint density at radius 3 is 3.11 bits per heavy atom. The summed E-state index contributed by atoms with van der Waals surface area (Å²) in [4.78, 5) is 4.41. The Hall–Kier alpha value is -1.86.